The predicted octanol–water partition coefficient (Wildman–Crippen LogP) is 2.70. The van der Waals surface area contributed by atoms with Crippen LogP contribution in [0.4, 0.5) is 5.69 Å². The standard InChI is InChI=1S/C16H25N3/c1-16(2,3)11-7-10-15(18-17)13-8-6-9-14(12-13)19(4)5/h6,8-9,12,15,18H,10,17H2,1-5H3. The third-order valence-electron chi connectivity index (χ3n) is 2.76. The maximum atomic E-state index is 5.65. The van der Waals surface area contributed by atoms with Crippen LogP contribution in [-0.4, -0.2) is 14.1 Å². The van der Waals surface area contributed by atoms with Crippen LogP contribution in [0.2, 0.25) is 0 Å². The van der Waals surface area contributed by atoms with E-state index < -0.39 is 0 Å². The molecule has 3 nitrogen and oxygen atoms in total. The molecule has 0 heterocycles. The molecule has 1 aromatic carbocycles. The van der Waals surface area contributed by atoms with E-state index in [2.05, 4.69) is 61.1 Å². The Kier molecular flexibility index (Phi) is 5.41. The van der Waals surface area contributed by atoms with E-state index in [4.69, 9.17) is 5.84 Å². The maximum Gasteiger partial charge on any atom is 0.0569 e. The van der Waals surface area contributed by atoms with Crippen molar-refractivity contribution in [2.45, 2.75) is 33.2 Å². The van der Waals surface area contributed by atoms with E-state index in [1.54, 1.807) is 0 Å². The molecule has 19 heavy (non-hydrogen) atoms. The molecular weight excluding hydrogens is 234 g/mol. The highest BCUT2D eigenvalue weighted by Gasteiger charge is 2.10. The van der Waals surface area contributed by atoms with Crippen LogP contribution < -0.4 is 16.2 Å². The van der Waals surface area contributed by atoms with Crippen molar-refractivity contribution in [1.82, 2.24) is 5.43 Å². The molecule has 3 N–H and O–H groups in total. The summed E-state index contributed by atoms with van der Waals surface area (Å²) in [5.74, 6) is 12.1. The maximum absolute atomic E-state index is 5.65. The van der Waals surface area contributed by atoms with Crippen LogP contribution in [0.1, 0.15) is 38.8 Å². The van der Waals surface area contributed by atoms with Crippen LogP contribution in [0.3, 0.4) is 0 Å². The van der Waals surface area contributed by atoms with Gasteiger partial charge >= 0.3 is 0 Å². The zero-order valence-corrected chi connectivity index (χ0v) is 12.6. The first-order valence-electron chi connectivity index (χ1n) is 6.57. The number of hydrogen-bond acceptors (Lipinski definition) is 3. The van der Waals surface area contributed by atoms with E-state index in [0.29, 0.717) is 6.42 Å². The summed E-state index contributed by atoms with van der Waals surface area (Å²) in [7, 11) is 4.06. The first-order chi connectivity index (χ1) is 8.83. The second-order valence-corrected chi connectivity index (χ2v) is 5.96. The fourth-order valence-corrected chi connectivity index (χ4v) is 1.71. The van der Waals surface area contributed by atoms with Crippen molar-refractivity contribution in [2.24, 2.45) is 11.3 Å². The number of nitrogens with two attached hydrogens (primary N) is 1. The summed E-state index contributed by atoms with van der Waals surface area (Å²) in [6.07, 6.45) is 0.713. The van der Waals surface area contributed by atoms with E-state index in [-0.39, 0.29) is 11.5 Å². The van der Waals surface area contributed by atoms with E-state index in [9.17, 15) is 0 Å². The molecule has 0 aliphatic rings. The SMILES string of the molecule is CN(C)c1cccc(C(CC#CC(C)(C)C)NN)c1. The number of hydrazine groups is 1. The lowest BCUT2D eigenvalue weighted by atomic mass is 9.96. The highest BCUT2D eigenvalue weighted by atomic mass is 15.2. The van der Waals surface area contributed by atoms with Gasteiger partial charge in [-0.05, 0) is 38.5 Å². The van der Waals surface area contributed by atoms with Gasteiger partial charge in [-0.1, -0.05) is 18.1 Å². The van der Waals surface area contributed by atoms with Crippen molar-refractivity contribution in [2.75, 3.05) is 19.0 Å². The molecule has 0 aromatic heterocycles. The molecule has 1 atom stereocenters. The van der Waals surface area contributed by atoms with Crippen molar-refractivity contribution in [3.63, 3.8) is 0 Å². The quantitative estimate of drug-likeness (QED) is 0.496. The fourth-order valence-electron chi connectivity index (χ4n) is 1.71. The molecule has 0 aliphatic carbocycles. The minimum atomic E-state index is 0.0324. The summed E-state index contributed by atoms with van der Waals surface area (Å²) >= 11 is 0. The predicted molar refractivity (Wildman–Crippen MR) is 82.7 cm³/mol. The van der Waals surface area contributed by atoms with Gasteiger partial charge in [0.15, 0.2) is 0 Å². The molecule has 3 heteroatoms. The topological polar surface area (TPSA) is 41.3 Å². The van der Waals surface area contributed by atoms with Gasteiger partial charge in [-0.2, -0.15) is 0 Å². The molecule has 0 radical (unpaired) electrons. The molecule has 0 spiro atoms. The van der Waals surface area contributed by atoms with E-state index in [1.165, 1.54) is 5.69 Å². The zero-order valence-electron chi connectivity index (χ0n) is 12.6. The second kappa shape index (κ2) is 6.60. The molecule has 0 amide bonds. The molecule has 1 unspecified atom stereocenters. The monoisotopic (exact) mass is 259 g/mol. The largest absolute Gasteiger partial charge is 0.378 e. The van der Waals surface area contributed by atoms with Crippen molar-refractivity contribution >= 4 is 5.69 Å². The molecule has 104 valence electrons. The highest BCUT2D eigenvalue weighted by molar-refractivity contribution is 5.48. The van der Waals surface area contributed by atoms with Crippen molar-refractivity contribution in [3.8, 4) is 11.8 Å². The zero-order chi connectivity index (χ0) is 14.5. The summed E-state index contributed by atoms with van der Waals surface area (Å²) < 4.78 is 0. The Morgan fingerprint density at radius 1 is 1.32 bits per heavy atom. The van der Waals surface area contributed by atoms with Crippen molar-refractivity contribution in [3.05, 3.63) is 29.8 Å². The molecule has 0 aliphatic heterocycles. The van der Waals surface area contributed by atoms with Gasteiger partial charge in [0.1, 0.15) is 0 Å². The number of anilines is 1. The minimum Gasteiger partial charge on any atom is -0.378 e. The lowest BCUT2D eigenvalue weighted by molar-refractivity contribution is 0.555. The Labute approximate surface area is 117 Å². The molecule has 0 bridgehead atoms. The van der Waals surface area contributed by atoms with Crippen LogP contribution in [0.25, 0.3) is 0 Å². The Bertz CT molecular complexity index is 461. The summed E-state index contributed by atoms with van der Waals surface area (Å²) in [4.78, 5) is 2.08. The molecular formula is C16H25N3. The number of hydrogen-bond donors (Lipinski definition) is 2. The summed E-state index contributed by atoms with van der Waals surface area (Å²) in [5, 5.41) is 0. The molecule has 0 saturated heterocycles. The first-order valence-corrected chi connectivity index (χ1v) is 6.57. The van der Waals surface area contributed by atoms with Crippen LogP contribution >= 0.6 is 0 Å². The fraction of sp³-hybridized carbons (Fsp3) is 0.500. The average molecular weight is 259 g/mol. The lowest BCUT2D eigenvalue weighted by Crippen LogP contribution is -2.28. The normalized spacial score (nSPS) is 12.5. The van der Waals surface area contributed by atoms with Crippen LogP contribution in [0, 0.1) is 17.3 Å². The van der Waals surface area contributed by atoms with Crippen molar-refractivity contribution < 1.29 is 0 Å². The Morgan fingerprint density at radius 3 is 2.53 bits per heavy atom. The van der Waals surface area contributed by atoms with Gasteiger partial charge in [-0.3, -0.25) is 11.3 Å². The Hall–Kier alpha value is -1.50. The number of rotatable bonds is 4. The Balaban J connectivity index is 2.85. The number of nitrogens with zero attached hydrogens (tertiary/aromatic N) is 1. The van der Waals surface area contributed by atoms with Gasteiger partial charge in [-0.15, -0.1) is 5.92 Å². The second-order valence-electron chi connectivity index (χ2n) is 5.96. The third-order valence-corrected chi connectivity index (χ3v) is 2.76. The number of nitrogens with one attached hydrogen (secondary N) is 1. The summed E-state index contributed by atoms with van der Waals surface area (Å²) in [6.45, 7) is 6.33. The van der Waals surface area contributed by atoms with Gasteiger partial charge in [0, 0.05) is 31.6 Å². The van der Waals surface area contributed by atoms with Crippen molar-refractivity contribution in [1.29, 1.82) is 0 Å². The van der Waals surface area contributed by atoms with E-state index in [1.807, 2.05) is 20.2 Å². The molecule has 1 rings (SSSR count). The van der Waals surface area contributed by atoms with Gasteiger partial charge in [0.2, 0.25) is 0 Å². The highest BCUT2D eigenvalue weighted by Crippen LogP contribution is 2.21. The number of benzene rings is 1. The first kappa shape index (κ1) is 15.6. The van der Waals surface area contributed by atoms with Gasteiger partial charge in [0.05, 0.1) is 6.04 Å². The molecule has 0 saturated carbocycles. The van der Waals surface area contributed by atoms with E-state index in [0.717, 1.165) is 5.56 Å². The lowest BCUT2D eigenvalue weighted by Gasteiger charge is -2.18. The van der Waals surface area contributed by atoms with Crippen LogP contribution in [0.5, 0.6) is 0 Å². The van der Waals surface area contributed by atoms with Gasteiger partial charge in [-0.25, -0.2) is 0 Å². The van der Waals surface area contributed by atoms with Crippen LogP contribution in [-0.2, 0) is 0 Å². The third kappa shape index (κ3) is 5.34. The minimum absolute atomic E-state index is 0.0324. The van der Waals surface area contributed by atoms with Crippen LogP contribution in [0.15, 0.2) is 24.3 Å². The smallest absolute Gasteiger partial charge is 0.0569 e. The van der Waals surface area contributed by atoms with Gasteiger partial charge < -0.3 is 4.90 Å². The molecule has 1 aromatic rings. The summed E-state index contributed by atoms with van der Waals surface area (Å²) in [6, 6.07) is 8.42. The Morgan fingerprint density at radius 2 is 2.00 bits per heavy atom. The average Bonchev–Trinajstić information content (AvgIpc) is 2.33. The van der Waals surface area contributed by atoms with E-state index >= 15 is 0 Å². The van der Waals surface area contributed by atoms with Gasteiger partial charge in [0.25, 0.3) is 0 Å². The molecule has 0 fully saturated rings. The summed E-state index contributed by atoms with van der Waals surface area (Å²) in [5.41, 5.74) is 5.21.